The molecule has 8 heteroatoms. The summed E-state index contributed by atoms with van der Waals surface area (Å²) in [5, 5.41) is 9.26. The summed E-state index contributed by atoms with van der Waals surface area (Å²) >= 11 is 0. The van der Waals surface area contributed by atoms with Crippen molar-refractivity contribution in [2.24, 2.45) is 4.99 Å². The average molecular weight is 527 g/mol. The lowest BCUT2D eigenvalue weighted by molar-refractivity contribution is -0.121. The van der Waals surface area contributed by atoms with Crippen LogP contribution in [0.15, 0.2) is 52.1 Å². The summed E-state index contributed by atoms with van der Waals surface area (Å²) in [6.45, 7) is 8.21. The Labute approximate surface area is 196 Å². The zero-order valence-electron chi connectivity index (χ0n) is 18.5. The van der Waals surface area contributed by atoms with Crippen LogP contribution in [-0.2, 0) is 24.4 Å². The highest BCUT2D eigenvalue weighted by molar-refractivity contribution is 14.0. The minimum absolute atomic E-state index is 0. The number of halogens is 1. The van der Waals surface area contributed by atoms with Gasteiger partial charge in [0.05, 0.1) is 19.4 Å². The molecule has 3 N–H and O–H groups in total. The molecule has 7 nitrogen and oxygen atoms in total. The second kappa shape index (κ2) is 12.6. The fraction of sp³-hybridized carbons (Fsp3) is 0.455. The summed E-state index contributed by atoms with van der Waals surface area (Å²) < 4.78 is 5.43. The number of aliphatic imine (C=N–C) groups is 1. The number of rotatable bonds is 8. The van der Waals surface area contributed by atoms with Crippen LogP contribution in [0.3, 0.4) is 0 Å². The van der Waals surface area contributed by atoms with E-state index < -0.39 is 0 Å². The number of guanidine groups is 1. The van der Waals surface area contributed by atoms with E-state index in [4.69, 9.17) is 4.42 Å². The summed E-state index contributed by atoms with van der Waals surface area (Å²) in [5.74, 6) is 1.47. The molecule has 0 atom stereocenters. The zero-order chi connectivity index (χ0) is 21.3. The van der Waals surface area contributed by atoms with Gasteiger partial charge in [0.1, 0.15) is 5.76 Å². The van der Waals surface area contributed by atoms with Gasteiger partial charge in [-0.1, -0.05) is 24.3 Å². The smallest absolute Gasteiger partial charge is 0.239 e. The number of hydrogen-bond acceptors (Lipinski definition) is 4. The second-order valence-corrected chi connectivity index (χ2v) is 8.10. The quantitative estimate of drug-likeness (QED) is 0.279. The summed E-state index contributed by atoms with van der Waals surface area (Å²) in [5.41, 5.74) is 2.16. The summed E-state index contributed by atoms with van der Waals surface area (Å²) in [7, 11) is 3.76. The highest BCUT2D eigenvalue weighted by Crippen LogP contribution is 2.13. The highest BCUT2D eigenvalue weighted by Gasteiger charge is 2.14. The molecule has 0 unspecified atom stereocenters. The van der Waals surface area contributed by atoms with Gasteiger partial charge in [-0.3, -0.25) is 14.7 Å². The number of furan rings is 1. The number of nitrogens with one attached hydrogen (secondary N) is 3. The van der Waals surface area contributed by atoms with E-state index in [-0.39, 0.29) is 42.0 Å². The highest BCUT2D eigenvalue weighted by atomic mass is 127. The molecule has 0 aliphatic heterocycles. The van der Waals surface area contributed by atoms with Crippen LogP contribution in [0.1, 0.15) is 37.7 Å². The first-order chi connectivity index (χ1) is 13.8. The molecule has 0 spiro atoms. The molecule has 1 aromatic heterocycles. The SMILES string of the molecule is CN=C(NCC(=O)NC(C)(C)C)NCc1ccccc1CN(C)Cc1ccco1.I. The minimum atomic E-state index is -0.254. The predicted molar refractivity (Wildman–Crippen MR) is 132 cm³/mol. The molecular formula is C22H34IN5O2. The molecule has 2 aromatic rings. The van der Waals surface area contributed by atoms with Crippen molar-refractivity contribution in [1.82, 2.24) is 20.9 Å². The third-order valence-corrected chi connectivity index (χ3v) is 4.17. The van der Waals surface area contributed by atoms with Crippen molar-refractivity contribution in [3.8, 4) is 0 Å². The second-order valence-electron chi connectivity index (χ2n) is 8.10. The first-order valence-electron chi connectivity index (χ1n) is 9.80. The van der Waals surface area contributed by atoms with Crippen molar-refractivity contribution >= 4 is 35.8 Å². The van der Waals surface area contributed by atoms with Gasteiger partial charge in [-0.25, -0.2) is 0 Å². The van der Waals surface area contributed by atoms with Gasteiger partial charge < -0.3 is 20.4 Å². The molecule has 30 heavy (non-hydrogen) atoms. The van der Waals surface area contributed by atoms with E-state index in [0.717, 1.165) is 18.8 Å². The standard InChI is InChI=1S/C22H33N5O2.HI/c1-22(2,3)26-20(28)14-25-21(23-4)24-13-17-9-6-7-10-18(17)15-27(5)16-19-11-8-12-29-19;/h6-12H,13-16H2,1-5H3,(H,26,28)(H2,23,24,25);1H. The summed E-state index contributed by atoms with van der Waals surface area (Å²) in [4.78, 5) is 18.4. The molecular weight excluding hydrogens is 493 g/mol. The van der Waals surface area contributed by atoms with Crippen LogP contribution < -0.4 is 16.0 Å². The molecule has 0 fully saturated rings. The molecule has 166 valence electrons. The average Bonchev–Trinajstić information content (AvgIpc) is 3.14. The van der Waals surface area contributed by atoms with Gasteiger partial charge in [-0.2, -0.15) is 0 Å². The number of carbonyl (C=O) groups excluding carboxylic acids is 1. The Hall–Kier alpha value is -2.07. The Morgan fingerprint density at radius 3 is 2.37 bits per heavy atom. The predicted octanol–water partition coefficient (Wildman–Crippen LogP) is 3.11. The van der Waals surface area contributed by atoms with Crippen LogP contribution in [0, 0.1) is 0 Å². The van der Waals surface area contributed by atoms with E-state index in [2.05, 4.69) is 45.0 Å². The maximum atomic E-state index is 12.0. The van der Waals surface area contributed by atoms with E-state index in [1.807, 2.05) is 45.0 Å². The lowest BCUT2D eigenvalue weighted by Crippen LogP contribution is -2.48. The molecule has 0 aliphatic carbocycles. The number of nitrogens with zero attached hydrogens (tertiary/aromatic N) is 2. The molecule has 1 heterocycles. The Morgan fingerprint density at radius 2 is 1.77 bits per heavy atom. The lowest BCUT2D eigenvalue weighted by atomic mass is 10.1. The minimum Gasteiger partial charge on any atom is -0.468 e. The van der Waals surface area contributed by atoms with E-state index in [0.29, 0.717) is 12.5 Å². The Morgan fingerprint density at radius 1 is 1.07 bits per heavy atom. The first kappa shape index (κ1) is 26.0. The molecule has 0 saturated heterocycles. The van der Waals surface area contributed by atoms with E-state index in [1.54, 1.807) is 13.3 Å². The molecule has 0 radical (unpaired) electrons. The number of benzene rings is 1. The van der Waals surface area contributed by atoms with E-state index >= 15 is 0 Å². The van der Waals surface area contributed by atoms with Gasteiger partial charge in [0, 0.05) is 25.7 Å². The zero-order valence-corrected chi connectivity index (χ0v) is 20.8. The van der Waals surface area contributed by atoms with Crippen molar-refractivity contribution < 1.29 is 9.21 Å². The molecule has 0 saturated carbocycles. The van der Waals surface area contributed by atoms with Gasteiger partial charge in [-0.15, -0.1) is 24.0 Å². The van der Waals surface area contributed by atoms with E-state index in [9.17, 15) is 4.79 Å². The Kier molecular flexibility index (Phi) is 10.9. The molecule has 1 aromatic carbocycles. The number of amides is 1. The van der Waals surface area contributed by atoms with Gasteiger partial charge >= 0.3 is 0 Å². The van der Waals surface area contributed by atoms with Gasteiger partial charge in [0.15, 0.2) is 5.96 Å². The molecule has 0 bridgehead atoms. The van der Waals surface area contributed by atoms with Crippen molar-refractivity contribution in [3.63, 3.8) is 0 Å². The van der Waals surface area contributed by atoms with Crippen LogP contribution >= 0.6 is 24.0 Å². The van der Waals surface area contributed by atoms with Crippen molar-refractivity contribution in [2.75, 3.05) is 20.6 Å². The van der Waals surface area contributed by atoms with Crippen LogP contribution in [-0.4, -0.2) is 42.9 Å². The third kappa shape index (κ3) is 9.62. The van der Waals surface area contributed by atoms with Crippen LogP contribution in [0.4, 0.5) is 0 Å². The number of carbonyl (C=O) groups is 1. The summed E-state index contributed by atoms with van der Waals surface area (Å²) in [6.07, 6.45) is 1.70. The largest absolute Gasteiger partial charge is 0.468 e. The Balaban J connectivity index is 0.00000450. The van der Waals surface area contributed by atoms with Crippen LogP contribution in [0.2, 0.25) is 0 Å². The van der Waals surface area contributed by atoms with Gasteiger partial charge in [-0.05, 0) is 51.1 Å². The van der Waals surface area contributed by atoms with Crippen LogP contribution in [0.5, 0.6) is 0 Å². The monoisotopic (exact) mass is 527 g/mol. The van der Waals surface area contributed by atoms with Crippen LogP contribution in [0.25, 0.3) is 0 Å². The van der Waals surface area contributed by atoms with Crippen molar-refractivity contribution in [1.29, 1.82) is 0 Å². The van der Waals surface area contributed by atoms with Crippen molar-refractivity contribution in [3.05, 3.63) is 59.5 Å². The Bertz CT molecular complexity index is 800. The summed E-state index contributed by atoms with van der Waals surface area (Å²) in [6, 6.07) is 12.2. The topological polar surface area (TPSA) is 81.9 Å². The third-order valence-electron chi connectivity index (χ3n) is 4.17. The fourth-order valence-corrected chi connectivity index (χ4v) is 2.93. The van der Waals surface area contributed by atoms with Gasteiger partial charge in [0.25, 0.3) is 0 Å². The molecule has 2 rings (SSSR count). The molecule has 0 aliphatic rings. The van der Waals surface area contributed by atoms with E-state index in [1.165, 1.54) is 11.1 Å². The normalized spacial score (nSPS) is 11.7. The van der Waals surface area contributed by atoms with Crippen molar-refractivity contribution in [2.45, 2.75) is 45.9 Å². The maximum absolute atomic E-state index is 12.0. The number of hydrogen-bond donors (Lipinski definition) is 3. The van der Waals surface area contributed by atoms with Gasteiger partial charge in [0.2, 0.25) is 5.91 Å². The molecule has 1 amide bonds. The first-order valence-corrected chi connectivity index (χ1v) is 9.80. The fourth-order valence-electron chi connectivity index (χ4n) is 2.93. The maximum Gasteiger partial charge on any atom is 0.239 e. The lowest BCUT2D eigenvalue weighted by Gasteiger charge is -2.21.